The van der Waals surface area contributed by atoms with Crippen molar-refractivity contribution in [3.8, 4) is 0 Å². The molecule has 1 N–H and O–H groups in total. The minimum Gasteiger partial charge on any atom is -0.354 e. The quantitative estimate of drug-likeness (QED) is 0.595. The van der Waals surface area contributed by atoms with E-state index in [0.717, 1.165) is 17.5 Å². The summed E-state index contributed by atoms with van der Waals surface area (Å²) in [5.74, 6) is 0.236. The molecule has 2 rings (SSSR count). The van der Waals surface area contributed by atoms with Gasteiger partial charge in [-0.25, -0.2) is 0 Å². The van der Waals surface area contributed by atoms with Crippen LogP contribution in [0.5, 0.6) is 0 Å². The number of nitrogens with one attached hydrogen (secondary N) is 1. The van der Waals surface area contributed by atoms with Crippen molar-refractivity contribution in [3.05, 3.63) is 69.7 Å². The van der Waals surface area contributed by atoms with Crippen LogP contribution in [-0.2, 0) is 22.6 Å². The molecular formula is C23H28Cl2N2O2. The highest BCUT2D eigenvalue weighted by atomic mass is 35.5. The van der Waals surface area contributed by atoms with Crippen LogP contribution >= 0.6 is 23.2 Å². The zero-order valence-electron chi connectivity index (χ0n) is 17.1. The van der Waals surface area contributed by atoms with Crippen molar-refractivity contribution in [2.24, 2.45) is 5.92 Å². The normalized spacial score (nSPS) is 11.9. The highest BCUT2D eigenvalue weighted by molar-refractivity contribution is 6.30. The van der Waals surface area contributed by atoms with Crippen molar-refractivity contribution in [1.82, 2.24) is 10.2 Å². The van der Waals surface area contributed by atoms with Crippen molar-refractivity contribution in [2.45, 2.75) is 46.2 Å². The molecule has 0 radical (unpaired) electrons. The second kappa shape index (κ2) is 11.2. The van der Waals surface area contributed by atoms with Gasteiger partial charge in [-0.2, -0.15) is 0 Å². The maximum absolute atomic E-state index is 13.1. The molecule has 156 valence electrons. The summed E-state index contributed by atoms with van der Waals surface area (Å²) in [4.78, 5) is 27.4. The first-order chi connectivity index (χ1) is 13.8. The topological polar surface area (TPSA) is 49.4 Å². The standard InChI is InChI=1S/C23H28Cl2N2O2/c1-16(2)12-13-26-23(29)17(3)27(15-19-6-10-21(25)11-7-19)22(28)14-18-4-8-20(24)9-5-18/h4-11,16-17H,12-15H2,1-3H3,(H,26,29). The van der Waals surface area contributed by atoms with Crippen LogP contribution in [-0.4, -0.2) is 29.3 Å². The van der Waals surface area contributed by atoms with E-state index in [1.165, 1.54) is 0 Å². The van der Waals surface area contributed by atoms with Crippen LogP contribution in [0.25, 0.3) is 0 Å². The highest BCUT2D eigenvalue weighted by Gasteiger charge is 2.26. The van der Waals surface area contributed by atoms with E-state index in [2.05, 4.69) is 19.2 Å². The van der Waals surface area contributed by atoms with Gasteiger partial charge in [0.15, 0.2) is 0 Å². The number of rotatable bonds is 9. The van der Waals surface area contributed by atoms with Crippen LogP contribution in [0.3, 0.4) is 0 Å². The lowest BCUT2D eigenvalue weighted by molar-refractivity contribution is -0.140. The summed E-state index contributed by atoms with van der Waals surface area (Å²) in [6.45, 7) is 6.92. The van der Waals surface area contributed by atoms with Gasteiger partial charge >= 0.3 is 0 Å². The SMILES string of the molecule is CC(C)CCNC(=O)C(C)N(Cc1ccc(Cl)cc1)C(=O)Cc1ccc(Cl)cc1. The molecule has 0 fully saturated rings. The summed E-state index contributed by atoms with van der Waals surface area (Å²) < 4.78 is 0. The third-order valence-electron chi connectivity index (χ3n) is 4.72. The minimum absolute atomic E-state index is 0.117. The Morgan fingerprint density at radius 1 is 0.897 bits per heavy atom. The van der Waals surface area contributed by atoms with Crippen LogP contribution in [0.1, 0.15) is 38.3 Å². The van der Waals surface area contributed by atoms with E-state index in [-0.39, 0.29) is 18.2 Å². The molecule has 0 spiro atoms. The molecular weight excluding hydrogens is 407 g/mol. The van der Waals surface area contributed by atoms with Crippen molar-refractivity contribution >= 4 is 35.0 Å². The predicted octanol–water partition coefficient (Wildman–Crippen LogP) is 5.12. The van der Waals surface area contributed by atoms with E-state index in [1.54, 1.807) is 36.1 Å². The molecule has 0 heterocycles. The lowest BCUT2D eigenvalue weighted by atomic mass is 10.1. The molecule has 29 heavy (non-hydrogen) atoms. The van der Waals surface area contributed by atoms with Gasteiger partial charge in [-0.1, -0.05) is 61.3 Å². The summed E-state index contributed by atoms with van der Waals surface area (Å²) >= 11 is 11.9. The van der Waals surface area contributed by atoms with E-state index in [0.29, 0.717) is 29.1 Å². The van der Waals surface area contributed by atoms with Gasteiger partial charge in [0, 0.05) is 23.1 Å². The predicted molar refractivity (Wildman–Crippen MR) is 119 cm³/mol. The number of hydrogen-bond donors (Lipinski definition) is 1. The first-order valence-electron chi connectivity index (χ1n) is 9.82. The second-order valence-electron chi connectivity index (χ2n) is 7.60. The summed E-state index contributed by atoms with van der Waals surface area (Å²) in [6.07, 6.45) is 1.10. The minimum atomic E-state index is -0.586. The smallest absolute Gasteiger partial charge is 0.242 e. The van der Waals surface area contributed by atoms with E-state index >= 15 is 0 Å². The van der Waals surface area contributed by atoms with Crippen LogP contribution in [0.2, 0.25) is 10.0 Å². The fourth-order valence-corrected chi connectivity index (χ4v) is 3.13. The molecule has 4 nitrogen and oxygen atoms in total. The van der Waals surface area contributed by atoms with Crippen molar-refractivity contribution in [2.75, 3.05) is 6.54 Å². The third kappa shape index (κ3) is 7.71. The number of nitrogens with zero attached hydrogens (tertiary/aromatic N) is 1. The summed E-state index contributed by atoms with van der Waals surface area (Å²) in [5.41, 5.74) is 1.77. The number of carbonyl (C=O) groups excluding carboxylic acids is 2. The molecule has 2 aromatic carbocycles. The molecule has 0 aliphatic carbocycles. The highest BCUT2D eigenvalue weighted by Crippen LogP contribution is 2.16. The van der Waals surface area contributed by atoms with E-state index in [9.17, 15) is 9.59 Å². The fourth-order valence-electron chi connectivity index (χ4n) is 2.88. The number of amides is 2. The number of halogens is 2. The molecule has 0 saturated carbocycles. The zero-order chi connectivity index (χ0) is 21.4. The number of hydrogen-bond acceptors (Lipinski definition) is 2. The van der Waals surface area contributed by atoms with Crippen LogP contribution < -0.4 is 5.32 Å². The zero-order valence-corrected chi connectivity index (χ0v) is 18.6. The maximum Gasteiger partial charge on any atom is 0.242 e. The molecule has 0 saturated heterocycles. The van der Waals surface area contributed by atoms with E-state index in [4.69, 9.17) is 23.2 Å². The third-order valence-corrected chi connectivity index (χ3v) is 5.23. The first kappa shape index (κ1) is 23.2. The molecule has 0 aliphatic rings. The molecule has 0 aliphatic heterocycles. The number of carbonyl (C=O) groups is 2. The van der Waals surface area contributed by atoms with Crippen molar-refractivity contribution < 1.29 is 9.59 Å². The Bertz CT molecular complexity index is 805. The van der Waals surface area contributed by atoms with Gasteiger partial charge in [-0.15, -0.1) is 0 Å². The van der Waals surface area contributed by atoms with Gasteiger partial charge in [0.05, 0.1) is 6.42 Å². The fraction of sp³-hybridized carbons (Fsp3) is 0.391. The lowest BCUT2D eigenvalue weighted by Gasteiger charge is -2.29. The average molecular weight is 435 g/mol. The monoisotopic (exact) mass is 434 g/mol. The Morgan fingerprint density at radius 3 is 1.93 bits per heavy atom. The van der Waals surface area contributed by atoms with Crippen molar-refractivity contribution in [3.63, 3.8) is 0 Å². The van der Waals surface area contributed by atoms with Gasteiger partial charge < -0.3 is 10.2 Å². The number of benzene rings is 2. The molecule has 0 bridgehead atoms. The Labute approximate surface area is 183 Å². The molecule has 1 atom stereocenters. The second-order valence-corrected chi connectivity index (χ2v) is 8.47. The summed E-state index contributed by atoms with van der Waals surface area (Å²) in [6, 6.07) is 13.9. The molecule has 6 heteroatoms. The Balaban J connectivity index is 2.14. The van der Waals surface area contributed by atoms with Crippen LogP contribution in [0, 0.1) is 5.92 Å². The van der Waals surface area contributed by atoms with Crippen LogP contribution in [0.4, 0.5) is 0 Å². The van der Waals surface area contributed by atoms with Gasteiger partial charge in [0.2, 0.25) is 11.8 Å². The largest absolute Gasteiger partial charge is 0.354 e. The van der Waals surface area contributed by atoms with E-state index in [1.807, 2.05) is 24.3 Å². The summed E-state index contributed by atoms with van der Waals surface area (Å²) in [7, 11) is 0. The van der Waals surface area contributed by atoms with Gasteiger partial charge in [0.1, 0.15) is 6.04 Å². The molecule has 2 amide bonds. The summed E-state index contributed by atoms with van der Waals surface area (Å²) in [5, 5.41) is 4.20. The first-order valence-corrected chi connectivity index (χ1v) is 10.6. The van der Waals surface area contributed by atoms with Crippen LogP contribution in [0.15, 0.2) is 48.5 Å². The van der Waals surface area contributed by atoms with Gasteiger partial charge in [-0.3, -0.25) is 9.59 Å². The average Bonchev–Trinajstić information content (AvgIpc) is 2.68. The van der Waals surface area contributed by atoms with Crippen molar-refractivity contribution in [1.29, 1.82) is 0 Å². The van der Waals surface area contributed by atoms with Gasteiger partial charge in [0.25, 0.3) is 0 Å². The molecule has 0 aromatic heterocycles. The molecule has 1 unspecified atom stereocenters. The van der Waals surface area contributed by atoms with E-state index < -0.39 is 6.04 Å². The Kier molecular flexibility index (Phi) is 8.99. The van der Waals surface area contributed by atoms with Gasteiger partial charge in [-0.05, 0) is 54.7 Å². The Hall–Kier alpha value is -2.04. The maximum atomic E-state index is 13.1. The molecule has 2 aromatic rings. The lowest BCUT2D eigenvalue weighted by Crippen LogP contribution is -2.48. The Morgan fingerprint density at radius 2 is 1.41 bits per heavy atom.